The van der Waals surface area contributed by atoms with Gasteiger partial charge in [0.25, 0.3) is 0 Å². The van der Waals surface area contributed by atoms with E-state index in [0.717, 1.165) is 11.3 Å². The third kappa shape index (κ3) is 1.44. The van der Waals surface area contributed by atoms with Crippen molar-refractivity contribution in [1.29, 1.82) is 0 Å². The zero-order valence-corrected chi connectivity index (χ0v) is 11.7. The molecule has 0 N–H and O–H groups in total. The Morgan fingerprint density at radius 2 is 1.60 bits per heavy atom. The maximum Gasteiger partial charge on any atom is 0.133 e. The molecule has 1 nitrogen and oxygen atoms in total. The lowest BCUT2D eigenvalue weighted by molar-refractivity contribution is 0.582. The fourth-order valence-electron chi connectivity index (χ4n) is 3.30. The molecule has 0 fully saturated rings. The minimum absolute atomic E-state index is 0.0501. The van der Waals surface area contributed by atoms with E-state index in [1.54, 1.807) is 6.26 Å². The number of furan rings is 1. The molecule has 0 saturated carbocycles. The average molecular weight is 260 g/mol. The molecule has 1 heterocycles. The minimum atomic E-state index is 0.0501. The van der Waals surface area contributed by atoms with Crippen LogP contribution in [0.5, 0.6) is 0 Å². The smallest absolute Gasteiger partial charge is 0.133 e. The van der Waals surface area contributed by atoms with Crippen molar-refractivity contribution in [3.8, 4) is 22.5 Å². The first-order valence-electron chi connectivity index (χ1n) is 6.96. The van der Waals surface area contributed by atoms with Crippen molar-refractivity contribution in [2.45, 2.75) is 19.3 Å². The summed E-state index contributed by atoms with van der Waals surface area (Å²) in [7, 11) is 0. The number of benzene rings is 2. The molecular weight excluding hydrogens is 244 g/mol. The Kier molecular flexibility index (Phi) is 2.23. The van der Waals surface area contributed by atoms with Crippen LogP contribution in [0, 0.1) is 0 Å². The average Bonchev–Trinajstić information content (AvgIpc) is 3.07. The molecule has 0 saturated heterocycles. The molecule has 0 unspecified atom stereocenters. The topological polar surface area (TPSA) is 13.1 Å². The van der Waals surface area contributed by atoms with Crippen LogP contribution in [0.4, 0.5) is 0 Å². The molecule has 0 spiro atoms. The van der Waals surface area contributed by atoms with Gasteiger partial charge in [0.05, 0.1) is 6.26 Å². The number of rotatable bonds is 1. The first-order valence-corrected chi connectivity index (χ1v) is 6.96. The third-order valence-corrected chi connectivity index (χ3v) is 4.39. The summed E-state index contributed by atoms with van der Waals surface area (Å²) >= 11 is 0. The summed E-state index contributed by atoms with van der Waals surface area (Å²) in [5, 5.41) is 0. The second kappa shape index (κ2) is 3.86. The van der Waals surface area contributed by atoms with Crippen LogP contribution >= 0.6 is 0 Å². The molecule has 1 aliphatic rings. The van der Waals surface area contributed by atoms with E-state index in [-0.39, 0.29) is 5.41 Å². The van der Waals surface area contributed by atoms with E-state index in [0.29, 0.717) is 0 Å². The van der Waals surface area contributed by atoms with Gasteiger partial charge in [-0.05, 0) is 40.5 Å². The van der Waals surface area contributed by atoms with E-state index in [2.05, 4.69) is 56.3 Å². The van der Waals surface area contributed by atoms with E-state index in [4.69, 9.17) is 4.42 Å². The molecule has 0 aliphatic heterocycles. The van der Waals surface area contributed by atoms with Gasteiger partial charge in [-0.1, -0.05) is 50.2 Å². The van der Waals surface area contributed by atoms with Crippen LogP contribution in [0.25, 0.3) is 22.5 Å². The lowest BCUT2D eigenvalue weighted by atomic mass is 9.82. The molecule has 20 heavy (non-hydrogen) atoms. The predicted octanol–water partition coefficient (Wildman–Crippen LogP) is 5.25. The summed E-state index contributed by atoms with van der Waals surface area (Å²) in [5.41, 5.74) is 6.70. The van der Waals surface area contributed by atoms with E-state index < -0.39 is 0 Å². The van der Waals surface area contributed by atoms with Crippen LogP contribution < -0.4 is 0 Å². The Labute approximate surface area is 118 Å². The van der Waals surface area contributed by atoms with Crippen molar-refractivity contribution in [2.75, 3.05) is 0 Å². The lowest BCUT2D eigenvalue weighted by Crippen LogP contribution is -2.14. The molecular formula is C19H16O. The molecule has 0 atom stereocenters. The van der Waals surface area contributed by atoms with Crippen molar-refractivity contribution in [1.82, 2.24) is 0 Å². The first kappa shape index (κ1) is 11.5. The minimum Gasteiger partial charge on any atom is -0.464 e. The summed E-state index contributed by atoms with van der Waals surface area (Å²) in [5.74, 6) is 0.930. The predicted molar refractivity (Wildman–Crippen MR) is 81.7 cm³/mol. The highest BCUT2D eigenvalue weighted by molar-refractivity contribution is 5.82. The second-order valence-electron chi connectivity index (χ2n) is 5.91. The Bertz CT molecular complexity index is 779. The van der Waals surface area contributed by atoms with Crippen LogP contribution in [0.3, 0.4) is 0 Å². The van der Waals surface area contributed by atoms with Gasteiger partial charge >= 0.3 is 0 Å². The Hall–Kier alpha value is -2.28. The van der Waals surface area contributed by atoms with Crippen LogP contribution in [-0.2, 0) is 5.41 Å². The fraction of sp³-hybridized carbons (Fsp3) is 0.158. The van der Waals surface area contributed by atoms with Gasteiger partial charge in [-0.2, -0.15) is 0 Å². The van der Waals surface area contributed by atoms with Crippen molar-refractivity contribution < 1.29 is 4.42 Å². The zero-order valence-electron chi connectivity index (χ0n) is 11.7. The van der Waals surface area contributed by atoms with E-state index >= 15 is 0 Å². The molecule has 1 heteroatoms. The van der Waals surface area contributed by atoms with Crippen LogP contribution in [-0.4, -0.2) is 0 Å². The van der Waals surface area contributed by atoms with E-state index in [1.165, 1.54) is 22.3 Å². The summed E-state index contributed by atoms with van der Waals surface area (Å²) < 4.78 is 5.52. The Balaban J connectivity index is 1.97. The molecule has 98 valence electrons. The van der Waals surface area contributed by atoms with Gasteiger partial charge < -0.3 is 4.42 Å². The van der Waals surface area contributed by atoms with Gasteiger partial charge in [0, 0.05) is 11.0 Å². The van der Waals surface area contributed by atoms with Gasteiger partial charge in [0.2, 0.25) is 0 Å². The molecule has 2 aromatic carbocycles. The SMILES string of the molecule is CC1(C)c2ccccc2-c2ccc(-c3ccco3)cc21. The largest absolute Gasteiger partial charge is 0.464 e. The van der Waals surface area contributed by atoms with Gasteiger partial charge in [-0.25, -0.2) is 0 Å². The van der Waals surface area contributed by atoms with Crippen LogP contribution in [0.2, 0.25) is 0 Å². The molecule has 0 amide bonds. The highest BCUT2D eigenvalue weighted by atomic mass is 16.3. The molecule has 0 bridgehead atoms. The number of fused-ring (bicyclic) bond motifs is 3. The van der Waals surface area contributed by atoms with Gasteiger partial charge in [-0.3, -0.25) is 0 Å². The molecule has 1 aliphatic carbocycles. The molecule has 3 aromatic rings. The highest BCUT2D eigenvalue weighted by Crippen LogP contribution is 2.49. The quantitative estimate of drug-likeness (QED) is 0.582. The molecule has 1 aromatic heterocycles. The van der Waals surface area contributed by atoms with Gasteiger partial charge in [0.1, 0.15) is 5.76 Å². The summed E-state index contributed by atoms with van der Waals surface area (Å²) in [6.07, 6.45) is 1.72. The molecule has 4 rings (SSSR count). The number of hydrogen-bond donors (Lipinski definition) is 0. The molecule has 0 radical (unpaired) electrons. The number of hydrogen-bond acceptors (Lipinski definition) is 1. The maximum absolute atomic E-state index is 5.52. The zero-order chi connectivity index (χ0) is 13.7. The van der Waals surface area contributed by atoms with E-state index in [1.807, 2.05) is 12.1 Å². The normalized spacial score (nSPS) is 14.9. The van der Waals surface area contributed by atoms with Gasteiger partial charge in [-0.15, -0.1) is 0 Å². The fourth-order valence-corrected chi connectivity index (χ4v) is 3.30. The van der Waals surface area contributed by atoms with Crippen molar-refractivity contribution in [3.05, 3.63) is 72.0 Å². The lowest BCUT2D eigenvalue weighted by Gasteiger charge is -2.21. The van der Waals surface area contributed by atoms with Gasteiger partial charge in [0.15, 0.2) is 0 Å². The Morgan fingerprint density at radius 1 is 0.800 bits per heavy atom. The monoisotopic (exact) mass is 260 g/mol. The van der Waals surface area contributed by atoms with E-state index in [9.17, 15) is 0 Å². The highest BCUT2D eigenvalue weighted by Gasteiger charge is 2.35. The van der Waals surface area contributed by atoms with Crippen LogP contribution in [0.1, 0.15) is 25.0 Å². The maximum atomic E-state index is 5.52. The van der Waals surface area contributed by atoms with Crippen molar-refractivity contribution in [3.63, 3.8) is 0 Å². The first-order chi connectivity index (χ1) is 9.68. The summed E-state index contributed by atoms with van der Waals surface area (Å²) in [4.78, 5) is 0. The summed E-state index contributed by atoms with van der Waals surface area (Å²) in [6.45, 7) is 4.59. The summed E-state index contributed by atoms with van der Waals surface area (Å²) in [6, 6.07) is 19.3. The van der Waals surface area contributed by atoms with Crippen molar-refractivity contribution in [2.24, 2.45) is 0 Å². The second-order valence-corrected chi connectivity index (χ2v) is 5.91. The van der Waals surface area contributed by atoms with Crippen LogP contribution in [0.15, 0.2) is 65.3 Å². The standard InChI is InChI=1S/C19H16O/c1-19(2)16-7-4-3-6-14(16)15-10-9-13(12-17(15)19)18-8-5-11-20-18/h3-12H,1-2H3. The van der Waals surface area contributed by atoms with Crippen molar-refractivity contribution >= 4 is 0 Å². The third-order valence-electron chi connectivity index (χ3n) is 4.39. The Morgan fingerprint density at radius 3 is 2.40 bits per heavy atom.